The molecule has 0 aromatic heterocycles. The second kappa shape index (κ2) is 7.06. The predicted molar refractivity (Wildman–Crippen MR) is 81.0 cm³/mol. The van der Waals surface area contributed by atoms with E-state index in [0.29, 0.717) is 12.2 Å². The van der Waals surface area contributed by atoms with E-state index >= 15 is 0 Å². The van der Waals surface area contributed by atoms with Gasteiger partial charge in [-0.1, -0.05) is 25.7 Å². The Morgan fingerprint density at radius 2 is 2.10 bits per heavy atom. The lowest BCUT2D eigenvalue weighted by molar-refractivity contribution is -0.385. The number of nitro benzene ring substituents is 1. The van der Waals surface area contributed by atoms with Gasteiger partial charge in [0, 0.05) is 18.3 Å². The molecule has 0 aliphatic heterocycles. The summed E-state index contributed by atoms with van der Waals surface area (Å²) >= 11 is 0. The monoisotopic (exact) mass is 291 g/mol. The summed E-state index contributed by atoms with van der Waals surface area (Å²) in [7, 11) is 0. The first-order chi connectivity index (χ1) is 10.1. The zero-order valence-electron chi connectivity index (χ0n) is 12.0. The first-order valence-corrected chi connectivity index (χ1v) is 7.40. The lowest BCUT2D eigenvalue weighted by Gasteiger charge is -2.09. The molecule has 0 saturated heterocycles. The molecule has 1 fully saturated rings. The summed E-state index contributed by atoms with van der Waals surface area (Å²) in [6.07, 6.45) is 7.22. The summed E-state index contributed by atoms with van der Waals surface area (Å²) in [4.78, 5) is 22.4. The van der Waals surface area contributed by atoms with Gasteiger partial charge in [-0.25, -0.2) is 0 Å². The molecule has 2 rings (SSSR count). The van der Waals surface area contributed by atoms with Crippen LogP contribution >= 0.6 is 0 Å². The fourth-order valence-electron chi connectivity index (χ4n) is 2.88. The molecule has 21 heavy (non-hydrogen) atoms. The van der Waals surface area contributed by atoms with Crippen molar-refractivity contribution in [2.75, 3.05) is 12.3 Å². The number of amides is 1. The van der Waals surface area contributed by atoms with Crippen LogP contribution in [0.3, 0.4) is 0 Å². The van der Waals surface area contributed by atoms with E-state index in [0.717, 1.165) is 18.8 Å². The maximum absolute atomic E-state index is 12.0. The van der Waals surface area contributed by atoms with Gasteiger partial charge in [0.05, 0.1) is 4.92 Å². The van der Waals surface area contributed by atoms with Crippen LogP contribution in [-0.2, 0) is 0 Å². The number of nitrogen functional groups attached to an aromatic ring is 1. The van der Waals surface area contributed by atoms with E-state index in [1.165, 1.54) is 43.9 Å². The van der Waals surface area contributed by atoms with Crippen LogP contribution in [0.1, 0.15) is 48.9 Å². The average molecular weight is 291 g/mol. The fourth-order valence-corrected chi connectivity index (χ4v) is 2.88. The third-order valence-electron chi connectivity index (χ3n) is 4.01. The van der Waals surface area contributed by atoms with Gasteiger partial charge in [0.2, 0.25) is 0 Å². The Kier molecular flexibility index (Phi) is 5.14. The highest BCUT2D eigenvalue weighted by Gasteiger charge is 2.20. The zero-order valence-corrected chi connectivity index (χ0v) is 12.0. The number of nitro groups is 1. The molecule has 1 aliphatic rings. The maximum Gasteiger partial charge on any atom is 0.282 e. The molecule has 0 heterocycles. The van der Waals surface area contributed by atoms with Crippen molar-refractivity contribution in [3.8, 4) is 0 Å². The predicted octanol–water partition coefficient (Wildman–Crippen LogP) is 2.88. The molecule has 0 atom stereocenters. The van der Waals surface area contributed by atoms with Gasteiger partial charge in [0.1, 0.15) is 5.56 Å². The van der Waals surface area contributed by atoms with E-state index in [-0.39, 0.29) is 11.3 Å². The molecule has 1 aromatic rings. The largest absolute Gasteiger partial charge is 0.399 e. The van der Waals surface area contributed by atoms with Crippen molar-refractivity contribution >= 4 is 17.3 Å². The van der Waals surface area contributed by atoms with Crippen molar-refractivity contribution in [2.24, 2.45) is 5.92 Å². The van der Waals surface area contributed by atoms with E-state index < -0.39 is 10.8 Å². The van der Waals surface area contributed by atoms with Gasteiger partial charge < -0.3 is 11.1 Å². The molecule has 0 radical (unpaired) electrons. The van der Waals surface area contributed by atoms with E-state index in [9.17, 15) is 14.9 Å². The molecule has 114 valence electrons. The van der Waals surface area contributed by atoms with Crippen LogP contribution < -0.4 is 11.1 Å². The number of benzene rings is 1. The van der Waals surface area contributed by atoms with Gasteiger partial charge in [-0.3, -0.25) is 14.9 Å². The van der Waals surface area contributed by atoms with E-state index in [1.807, 2.05) is 0 Å². The molecule has 0 bridgehead atoms. The second-order valence-corrected chi connectivity index (χ2v) is 5.58. The van der Waals surface area contributed by atoms with Crippen molar-refractivity contribution < 1.29 is 9.72 Å². The van der Waals surface area contributed by atoms with Crippen molar-refractivity contribution in [2.45, 2.75) is 38.5 Å². The molecule has 0 spiro atoms. The quantitative estimate of drug-likeness (QED) is 0.364. The number of anilines is 1. The summed E-state index contributed by atoms with van der Waals surface area (Å²) in [5, 5.41) is 13.7. The third kappa shape index (κ3) is 4.18. The molecular formula is C15H21N3O3. The van der Waals surface area contributed by atoms with E-state index in [1.54, 1.807) is 0 Å². The first kappa shape index (κ1) is 15.3. The summed E-state index contributed by atoms with van der Waals surface area (Å²) in [6.45, 7) is 0.543. The van der Waals surface area contributed by atoms with Crippen LogP contribution in [0.4, 0.5) is 11.4 Å². The molecule has 6 nitrogen and oxygen atoms in total. The van der Waals surface area contributed by atoms with Crippen LogP contribution in [0.25, 0.3) is 0 Å². The Bertz CT molecular complexity index is 525. The number of nitrogens with zero attached hydrogens (tertiary/aromatic N) is 1. The Labute approximate surface area is 123 Å². The molecule has 1 saturated carbocycles. The van der Waals surface area contributed by atoms with Crippen molar-refractivity contribution in [1.29, 1.82) is 0 Å². The normalized spacial score (nSPS) is 15.0. The molecule has 6 heteroatoms. The highest BCUT2D eigenvalue weighted by atomic mass is 16.6. The number of carbonyl (C=O) groups excluding carboxylic acids is 1. The standard InChI is InChI=1S/C15H21N3O3/c16-12-7-8-14(18(20)21)13(10-12)15(19)17-9-3-6-11-4-1-2-5-11/h7-8,10-11H,1-6,9,16H2,(H,17,19). The number of rotatable bonds is 6. The highest BCUT2D eigenvalue weighted by Crippen LogP contribution is 2.28. The molecular weight excluding hydrogens is 270 g/mol. The molecule has 0 unspecified atom stereocenters. The number of nitrogens with one attached hydrogen (secondary N) is 1. The molecule has 1 aliphatic carbocycles. The van der Waals surface area contributed by atoms with Gasteiger partial charge in [-0.05, 0) is 30.9 Å². The third-order valence-corrected chi connectivity index (χ3v) is 4.01. The summed E-state index contributed by atoms with van der Waals surface area (Å²) in [6, 6.07) is 4.04. The maximum atomic E-state index is 12.0. The van der Waals surface area contributed by atoms with Crippen LogP contribution in [0.5, 0.6) is 0 Å². The van der Waals surface area contributed by atoms with Crippen LogP contribution in [-0.4, -0.2) is 17.4 Å². The van der Waals surface area contributed by atoms with Gasteiger partial charge in [-0.2, -0.15) is 0 Å². The van der Waals surface area contributed by atoms with Gasteiger partial charge in [-0.15, -0.1) is 0 Å². The van der Waals surface area contributed by atoms with E-state index in [2.05, 4.69) is 5.32 Å². The SMILES string of the molecule is Nc1ccc([N+](=O)[O-])c(C(=O)NCCCC2CCCC2)c1. The minimum absolute atomic E-state index is 0.0286. The number of hydrogen-bond acceptors (Lipinski definition) is 4. The van der Waals surface area contributed by atoms with Gasteiger partial charge in [0.25, 0.3) is 11.6 Å². The number of nitrogens with two attached hydrogens (primary N) is 1. The number of carbonyl (C=O) groups is 1. The Morgan fingerprint density at radius 3 is 2.76 bits per heavy atom. The van der Waals surface area contributed by atoms with E-state index in [4.69, 9.17) is 5.73 Å². The molecule has 1 aromatic carbocycles. The Balaban J connectivity index is 1.87. The molecule has 3 N–H and O–H groups in total. The summed E-state index contributed by atoms with van der Waals surface area (Å²) in [5.41, 5.74) is 5.76. The minimum atomic E-state index is -0.563. The van der Waals surface area contributed by atoms with Crippen LogP contribution in [0.2, 0.25) is 0 Å². The number of hydrogen-bond donors (Lipinski definition) is 2. The smallest absolute Gasteiger partial charge is 0.282 e. The summed E-state index contributed by atoms with van der Waals surface area (Å²) in [5.74, 6) is 0.351. The first-order valence-electron chi connectivity index (χ1n) is 7.40. The topological polar surface area (TPSA) is 98.3 Å². The van der Waals surface area contributed by atoms with Gasteiger partial charge in [0.15, 0.2) is 0 Å². The fraction of sp³-hybridized carbons (Fsp3) is 0.533. The zero-order chi connectivity index (χ0) is 15.2. The van der Waals surface area contributed by atoms with Crippen LogP contribution in [0, 0.1) is 16.0 Å². The minimum Gasteiger partial charge on any atom is -0.399 e. The lowest BCUT2D eigenvalue weighted by Crippen LogP contribution is -2.25. The highest BCUT2D eigenvalue weighted by molar-refractivity contribution is 5.99. The summed E-state index contributed by atoms with van der Waals surface area (Å²) < 4.78 is 0. The van der Waals surface area contributed by atoms with Crippen LogP contribution in [0.15, 0.2) is 18.2 Å². The Morgan fingerprint density at radius 1 is 1.38 bits per heavy atom. The van der Waals surface area contributed by atoms with Crippen molar-refractivity contribution in [3.63, 3.8) is 0 Å². The molecule has 1 amide bonds. The van der Waals surface area contributed by atoms with Crippen molar-refractivity contribution in [1.82, 2.24) is 5.32 Å². The van der Waals surface area contributed by atoms with Gasteiger partial charge >= 0.3 is 0 Å². The Hall–Kier alpha value is -2.11. The lowest BCUT2D eigenvalue weighted by atomic mass is 10.0. The average Bonchev–Trinajstić information content (AvgIpc) is 2.96. The second-order valence-electron chi connectivity index (χ2n) is 5.58. The van der Waals surface area contributed by atoms with Crippen molar-refractivity contribution in [3.05, 3.63) is 33.9 Å².